The molecule has 1 aromatic heterocycles. The summed E-state index contributed by atoms with van der Waals surface area (Å²) in [6.45, 7) is 3.44. The van der Waals surface area contributed by atoms with Crippen LogP contribution >= 0.6 is 0 Å². The van der Waals surface area contributed by atoms with Gasteiger partial charge in [0.2, 0.25) is 5.95 Å². The van der Waals surface area contributed by atoms with Gasteiger partial charge in [-0.15, -0.1) is 6.42 Å². The van der Waals surface area contributed by atoms with Crippen molar-refractivity contribution >= 4 is 34.7 Å². The molecule has 1 aliphatic carbocycles. The maximum absolute atomic E-state index is 12.5. The average Bonchev–Trinajstić information content (AvgIpc) is 2.83. The third-order valence-electron chi connectivity index (χ3n) is 5.77. The highest BCUT2D eigenvalue weighted by Gasteiger charge is 2.26. The van der Waals surface area contributed by atoms with Crippen molar-refractivity contribution in [2.75, 3.05) is 23.1 Å². The lowest BCUT2D eigenvalue weighted by Crippen LogP contribution is -2.41. The van der Waals surface area contributed by atoms with Gasteiger partial charge in [0.1, 0.15) is 22.9 Å². The van der Waals surface area contributed by atoms with Crippen LogP contribution in [0.25, 0.3) is 0 Å². The number of hydrogen-bond donors (Lipinski definition) is 4. The number of hydrogen-bond acceptors (Lipinski definition) is 9. The van der Waals surface area contributed by atoms with Crippen LogP contribution in [0.1, 0.15) is 43.5 Å². The molecule has 4 rings (SSSR count). The third kappa shape index (κ3) is 5.09. The number of anilines is 5. The Kier molecular flexibility index (Phi) is 6.42. The molecule has 10 heteroatoms. The minimum absolute atomic E-state index is 0.0855. The molecule has 1 aliphatic rings. The molecule has 1 fully saturated rings. The fourth-order valence-electron chi connectivity index (χ4n) is 3.47. The van der Waals surface area contributed by atoms with Gasteiger partial charge >= 0.3 is 0 Å². The van der Waals surface area contributed by atoms with E-state index in [0.29, 0.717) is 22.8 Å². The Bertz CT molecular complexity index is 1380. The van der Waals surface area contributed by atoms with Crippen molar-refractivity contribution < 1.29 is 9.53 Å². The van der Waals surface area contributed by atoms with Gasteiger partial charge in [-0.25, -0.2) is 4.98 Å². The number of terminal acetylenes is 1. The molecule has 1 saturated carbocycles. The number of nitrogens with zero attached hydrogens (tertiary/aromatic N) is 2. The Morgan fingerprint density at radius 2 is 1.89 bits per heavy atom. The van der Waals surface area contributed by atoms with Crippen molar-refractivity contribution in [2.24, 2.45) is 0 Å². The Labute approximate surface area is 202 Å². The molecular weight excluding hydrogens is 448 g/mol. The molecule has 1 amide bonds. The van der Waals surface area contributed by atoms with Crippen LogP contribution < -0.4 is 36.9 Å². The second-order valence-electron chi connectivity index (χ2n) is 8.83. The molecule has 0 spiro atoms. The van der Waals surface area contributed by atoms with Gasteiger partial charge in [0.05, 0.1) is 18.3 Å². The molecule has 0 saturated heterocycles. The largest absolute Gasteiger partial charge is 0.495 e. The van der Waals surface area contributed by atoms with Crippen molar-refractivity contribution in [1.29, 1.82) is 0 Å². The highest BCUT2D eigenvalue weighted by molar-refractivity contribution is 5.95. The Morgan fingerprint density at radius 3 is 2.54 bits per heavy atom. The SMILES string of the molecule is C#CC(C)(C)Nc1c(Nc2ccnc(Nc3ccc(C(=O)NC4CCC4)cc3OC)n2)c(=O)c1=O. The van der Waals surface area contributed by atoms with Crippen molar-refractivity contribution in [3.63, 3.8) is 0 Å². The minimum atomic E-state index is -0.811. The monoisotopic (exact) mass is 474 g/mol. The van der Waals surface area contributed by atoms with Crippen LogP contribution in [0.3, 0.4) is 0 Å². The number of carbonyl (C=O) groups is 1. The number of benzene rings is 1. The Balaban J connectivity index is 1.50. The van der Waals surface area contributed by atoms with E-state index < -0.39 is 16.4 Å². The zero-order valence-electron chi connectivity index (χ0n) is 19.7. The molecule has 2 aromatic carbocycles. The van der Waals surface area contributed by atoms with Crippen LogP contribution in [0.5, 0.6) is 5.75 Å². The first-order valence-corrected chi connectivity index (χ1v) is 11.2. The van der Waals surface area contributed by atoms with Crippen molar-refractivity contribution in [3.05, 3.63) is 56.5 Å². The number of aromatic nitrogens is 2. The predicted octanol–water partition coefficient (Wildman–Crippen LogP) is 2.67. The van der Waals surface area contributed by atoms with Crippen molar-refractivity contribution in [1.82, 2.24) is 15.3 Å². The summed E-state index contributed by atoms with van der Waals surface area (Å²) in [5.41, 5.74) is -0.872. The number of ether oxygens (including phenoxy) is 1. The van der Waals surface area contributed by atoms with E-state index in [0.717, 1.165) is 19.3 Å². The first-order valence-electron chi connectivity index (χ1n) is 11.2. The van der Waals surface area contributed by atoms with E-state index in [1.54, 1.807) is 38.1 Å². The van der Waals surface area contributed by atoms with Crippen molar-refractivity contribution in [2.45, 2.75) is 44.7 Å². The van der Waals surface area contributed by atoms with Gasteiger partial charge in [0, 0.05) is 17.8 Å². The molecule has 1 heterocycles. The summed E-state index contributed by atoms with van der Waals surface area (Å²) in [4.78, 5) is 45.2. The Hall–Kier alpha value is -4.39. The van der Waals surface area contributed by atoms with Crippen LogP contribution in [-0.4, -0.2) is 34.6 Å². The molecule has 4 N–H and O–H groups in total. The van der Waals surface area contributed by atoms with E-state index in [-0.39, 0.29) is 29.3 Å². The Morgan fingerprint density at radius 1 is 1.14 bits per heavy atom. The highest BCUT2D eigenvalue weighted by Crippen LogP contribution is 2.29. The van der Waals surface area contributed by atoms with Gasteiger partial charge in [-0.05, 0) is 57.4 Å². The summed E-state index contributed by atoms with van der Waals surface area (Å²) in [5.74, 6) is 3.34. The lowest BCUT2D eigenvalue weighted by atomic mass is 9.93. The van der Waals surface area contributed by atoms with E-state index in [9.17, 15) is 14.4 Å². The standard InChI is InChI=1S/C25H26N6O4/c1-5-25(2,3)31-20-19(21(32)22(20)33)29-18-11-12-26-24(30-18)28-16-10-9-14(13-17(16)35-4)23(34)27-15-7-6-8-15/h1,9-13,15,31H,6-8H2,2-4H3,(H,27,34)(H2,26,28,29,30). The molecule has 0 atom stereocenters. The summed E-state index contributed by atoms with van der Waals surface area (Å²) in [6, 6.07) is 6.83. The zero-order chi connectivity index (χ0) is 25.2. The zero-order valence-corrected chi connectivity index (χ0v) is 19.7. The minimum Gasteiger partial charge on any atom is -0.495 e. The number of nitrogens with one attached hydrogen (secondary N) is 4. The molecule has 3 aromatic rings. The summed E-state index contributed by atoms with van der Waals surface area (Å²) in [5, 5.41) is 11.8. The quantitative estimate of drug-likeness (QED) is 0.273. The van der Waals surface area contributed by atoms with Crippen molar-refractivity contribution in [3.8, 4) is 18.1 Å². The first-order chi connectivity index (χ1) is 16.7. The lowest BCUT2D eigenvalue weighted by Gasteiger charge is -2.26. The van der Waals surface area contributed by atoms with Crippen LogP contribution in [-0.2, 0) is 0 Å². The molecule has 0 radical (unpaired) electrons. The molecule has 10 nitrogen and oxygen atoms in total. The smallest absolute Gasteiger partial charge is 0.253 e. The van der Waals surface area contributed by atoms with Crippen LogP contribution in [0.2, 0.25) is 0 Å². The van der Waals surface area contributed by atoms with E-state index in [4.69, 9.17) is 11.2 Å². The molecule has 35 heavy (non-hydrogen) atoms. The van der Waals surface area contributed by atoms with Gasteiger partial charge < -0.3 is 26.0 Å². The maximum Gasteiger partial charge on any atom is 0.253 e. The molecule has 180 valence electrons. The second-order valence-corrected chi connectivity index (χ2v) is 8.83. The summed E-state index contributed by atoms with van der Waals surface area (Å²) >= 11 is 0. The number of rotatable bonds is 9. The van der Waals surface area contributed by atoms with E-state index in [1.807, 2.05) is 0 Å². The highest BCUT2D eigenvalue weighted by atomic mass is 16.5. The third-order valence-corrected chi connectivity index (χ3v) is 5.77. The fourth-order valence-corrected chi connectivity index (χ4v) is 3.47. The molecule has 0 unspecified atom stereocenters. The molecule has 0 bridgehead atoms. The van der Waals surface area contributed by atoms with E-state index in [2.05, 4.69) is 37.2 Å². The van der Waals surface area contributed by atoms with Gasteiger partial charge in [-0.2, -0.15) is 4.98 Å². The number of carbonyl (C=O) groups excluding carboxylic acids is 1. The summed E-state index contributed by atoms with van der Waals surface area (Å²) in [6.07, 6.45) is 10.1. The molecule has 0 aliphatic heterocycles. The predicted molar refractivity (Wildman–Crippen MR) is 135 cm³/mol. The molecular formula is C25H26N6O4. The van der Waals surface area contributed by atoms with Gasteiger partial charge in [-0.1, -0.05) is 5.92 Å². The first kappa shape index (κ1) is 23.8. The topological polar surface area (TPSA) is 134 Å². The van der Waals surface area contributed by atoms with Gasteiger partial charge in [-0.3, -0.25) is 14.4 Å². The maximum atomic E-state index is 12.5. The van der Waals surface area contributed by atoms with Crippen LogP contribution in [0.15, 0.2) is 40.1 Å². The fraction of sp³-hybridized carbons (Fsp3) is 0.320. The summed E-state index contributed by atoms with van der Waals surface area (Å²) in [7, 11) is 1.50. The van der Waals surface area contributed by atoms with Gasteiger partial charge in [0.25, 0.3) is 16.8 Å². The lowest BCUT2D eigenvalue weighted by molar-refractivity contribution is 0.0916. The van der Waals surface area contributed by atoms with E-state index >= 15 is 0 Å². The normalized spacial score (nSPS) is 13.4. The average molecular weight is 475 g/mol. The number of methoxy groups -OCH3 is 1. The van der Waals surface area contributed by atoms with Gasteiger partial charge in [0.15, 0.2) is 0 Å². The van der Waals surface area contributed by atoms with E-state index in [1.165, 1.54) is 13.3 Å². The second kappa shape index (κ2) is 9.46. The summed E-state index contributed by atoms with van der Waals surface area (Å²) < 4.78 is 5.44. The number of amides is 1. The van der Waals surface area contributed by atoms with Crippen LogP contribution in [0, 0.1) is 12.3 Å². The van der Waals surface area contributed by atoms with Crippen LogP contribution in [0.4, 0.5) is 28.8 Å².